The van der Waals surface area contributed by atoms with E-state index in [-0.39, 0.29) is 16.0 Å². The van der Waals surface area contributed by atoms with Gasteiger partial charge in [-0.25, -0.2) is 0 Å². The van der Waals surface area contributed by atoms with Crippen LogP contribution in [0.3, 0.4) is 0 Å². The first-order chi connectivity index (χ1) is 5.59. The number of nitrogens with two attached hydrogens (primary N) is 1. The molecule has 1 aromatic rings. The van der Waals surface area contributed by atoms with E-state index in [0.29, 0.717) is 0 Å². The maximum atomic E-state index is 10.5. The number of amides is 2. The minimum atomic E-state index is -0.649. The Balaban J connectivity index is 2.77. The number of carbonyl (C=O) groups is 2. The molecule has 0 aliphatic heterocycles. The van der Waals surface area contributed by atoms with Crippen molar-refractivity contribution in [3.8, 4) is 0 Å². The molecule has 12 heavy (non-hydrogen) atoms. The number of hydrogen-bond acceptors (Lipinski definition) is 5. The summed E-state index contributed by atoms with van der Waals surface area (Å²) in [5, 5.41) is 9.70. The number of carbonyl (C=O) groups excluding carboxylic acids is 2. The monoisotopic (exact) mass is 186 g/mol. The molecule has 0 aliphatic rings. The summed E-state index contributed by atoms with van der Waals surface area (Å²) in [5.74, 6) is -0.911. The number of rotatable bonds is 2. The molecular weight excluding hydrogens is 180 g/mol. The molecule has 0 aliphatic carbocycles. The zero-order valence-corrected chi connectivity index (χ0v) is 7.01. The Morgan fingerprint density at radius 2 is 2.17 bits per heavy atom. The van der Waals surface area contributed by atoms with E-state index in [9.17, 15) is 9.59 Å². The Morgan fingerprint density at radius 3 is 2.58 bits per heavy atom. The van der Waals surface area contributed by atoms with Gasteiger partial charge in [-0.05, 0) is 0 Å². The fourth-order valence-electron chi connectivity index (χ4n) is 0.524. The highest BCUT2D eigenvalue weighted by atomic mass is 32.1. The molecule has 0 radical (unpaired) electrons. The van der Waals surface area contributed by atoms with Gasteiger partial charge in [-0.1, -0.05) is 11.3 Å². The summed E-state index contributed by atoms with van der Waals surface area (Å²) in [5.41, 5.74) is 4.91. The third kappa shape index (κ3) is 1.99. The van der Waals surface area contributed by atoms with Gasteiger partial charge in [0.05, 0.1) is 0 Å². The minimum absolute atomic E-state index is 0.0822. The van der Waals surface area contributed by atoms with E-state index < -0.39 is 5.91 Å². The van der Waals surface area contributed by atoms with Gasteiger partial charge in [-0.3, -0.25) is 9.59 Å². The Labute approximate surface area is 71.8 Å². The van der Waals surface area contributed by atoms with Crippen LogP contribution in [-0.2, 0) is 4.79 Å². The van der Waals surface area contributed by atoms with E-state index in [1.54, 1.807) is 0 Å². The standard InChI is InChI=1S/C5H6N4O2S/c1-2(10)7-5-9-8-4(12-5)3(6)11/h1H3,(H2,6,11)(H,7,9,10). The average Bonchev–Trinajstić information content (AvgIpc) is 2.34. The van der Waals surface area contributed by atoms with Crippen molar-refractivity contribution in [2.24, 2.45) is 5.73 Å². The van der Waals surface area contributed by atoms with Gasteiger partial charge in [0.25, 0.3) is 5.91 Å². The van der Waals surface area contributed by atoms with Crippen LogP contribution in [0.4, 0.5) is 5.13 Å². The Kier molecular flexibility index (Phi) is 2.34. The maximum absolute atomic E-state index is 10.5. The Bertz CT molecular complexity index is 321. The van der Waals surface area contributed by atoms with E-state index in [0.717, 1.165) is 11.3 Å². The Morgan fingerprint density at radius 1 is 1.50 bits per heavy atom. The highest BCUT2D eigenvalue weighted by Gasteiger charge is 2.08. The van der Waals surface area contributed by atoms with Crippen LogP contribution < -0.4 is 11.1 Å². The molecule has 0 atom stereocenters. The van der Waals surface area contributed by atoms with Crippen molar-refractivity contribution >= 4 is 28.3 Å². The normalized spacial score (nSPS) is 9.42. The molecule has 0 aromatic carbocycles. The molecule has 2 amide bonds. The van der Waals surface area contributed by atoms with Crippen LogP contribution in [0, 0.1) is 0 Å². The summed E-state index contributed by atoms with van der Waals surface area (Å²) in [6.45, 7) is 1.34. The van der Waals surface area contributed by atoms with Crippen LogP contribution in [0.1, 0.15) is 16.7 Å². The molecule has 0 bridgehead atoms. The van der Waals surface area contributed by atoms with Crippen LogP contribution >= 0.6 is 11.3 Å². The summed E-state index contributed by atoms with van der Waals surface area (Å²) in [6.07, 6.45) is 0. The summed E-state index contributed by atoms with van der Waals surface area (Å²) in [6, 6.07) is 0. The zero-order chi connectivity index (χ0) is 9.14. The first-order valence-corrected chi connectivity index (χ1v) is 3.82. The maximum Gasteiger partial charge on any atom is 0.279 e. The SMILES string of the molecule is CC(=O)Nc1nnc(C(N)=O)s1. The molecule has 6 nitrogen and oxygen atoms in total. The van der Waals surface area contributed by atoms with Crippen molar-refractivity contribution in [1.29, 1.82) is 0 Å². The summed E-state index contributed by atoms with van der Waals surface area (Å²) in [4.78, 5) is 21.0. The van der Waals surface area contributed by atoms with Gasteiger partial charge in [0.2, 0.25) is 16.0 Å². The highest BCUT2D eigenvalue weighted by molar-refractivity contribution is 7.17. The van der Waals surface area contributed by atoms with E-state index in [2.05, 4.69) is 15.5 Å². The van der Waals surface area contributed by atoms with Gasteiger partial charge in [0.1, 0.15) is 0 Å². The first-order valence-electron chi connectivity index (χ1n) is 3.00. The van der Waals surface area contributed by atoms with Gasteiger partial charge < -0.3 is 11.1 Å². The molecule has 64 valence electrons. The van der Waals surface area contributed by atoms with Crippen molar-refractivity contribution in [2.45, 2.75) is 6.92 Å². The molecule has 3 N–H and O–H groups in total. The summed E-state index contributed by atoms with van der Waals surface area (Å²) in [7, 11) is 0. The third-order valence-electron chi connectivity index (χ3n) is 0.919. The average molecular weight is 186 g/mol. The predicted molar refractivity (Wildman–Crippen MR) is 42.7 cm³/mol. The van der Waals surface area contributed by atoms with Crippen molar-refractivity contribution < 1.29 is 9.59 Å². The van der Waals surface area contributed by atoms with Gasteiger partial charge in [-0.2, -0.15) is 0 Å². The van der Waals surface area contributed by atoms with Gasteiger partial charge in [0, 0.05) is 6.92 Å². The number of nitrogens with zero attached hydrogens (tertiary/aromatic N) is 2. The van der Waals surface area contributed by atoms with Gasteiger partial charge in [-0.15, -0.1) is 10.2 Å². The van der Waals surface area contributed by atoms with Crippen molar-refractivity contribution in [1.82, 2.24) is 10.2 Å². The molecule has 1 aromatic heterocycles. The van der Waals surface area contributed by atoms with Crippen molar-refractivity contribution in [3.63, 3.8) is 0 Å². The third-order valence-corrected chi connectivity index (χ3v) is 1.77. The molecular formula is C5H6N4O2S. The van der Waals surface area contributed by atoms with E-state index in [1.807, 2.05) is 0 Å². The van der Waals surface area contributed by atoms with Crippen LogP contribution in [-0.4, -0.2) is 22.0 Å². The number of hydrogen-bond donors (Lipinski definition) is 2. The second kappa shape index (κ2) is 3.26. The minimum Gasteiger partial charge on any atom is -0.363 e. The summed E-state index contributed by atoms with van der Waals surface area (Å²) >= 11 is 0.941. The lowest BCUT2D eigenvalue weighted by atomic mass is 10.7. The lowest BCUT2D eigenvalue weighted by Crippen LogP contribution is -2.10. The van der Waals surface area contributed by atoms with Crippen LogP contribution in [0.25, 0.3) is 0 Å². The number of nitrogens with one attached hydrogen (secondary N) is 1. The predicted octanol–water partition coefficient (Wildman–Crippen LogP) is -0.405. The fraction of sp³-hybridized carbons (Fsp3) is 0.200. The number of aromatic nitrogens is 2. The van der Waals surface area contributed by atoms with E-state index in [4.69, 9.17) is 5.73 Å². The van der Waals surface area contributed by atoms with Gasteiger partial charge in [0.15, 0.2) is 0 Å². The molecule has 0 unspecified atom stereocenters. The molecule has 1 heterocycles. The summed E-state index contributed by atoms with van der Waals surface area (Å²) < 4.78 is 0. The van der Waals surface area contributed by atoms with Crippen LogP contribution in [0.2, 0.25) is 0 Å². The molecule has 0 saturated carbocycles. The number of primary amides is 1. The molecule has 0 fully saturated rings. The Hall–Kier alpha value is -1.50. The second-order valence-electron chi connectivity index (χ2n) is 1.96. The van der Waals surface area contributed by atoms with Crippen LogP contribution in [0.15, 0.2) is 0 Å². The second-order valence-corrected chi connectivity index (χ2v) is 2.94. The van der Waals surface area contributed by atoms with Gasteiger partial charge >= 0.3 is 0 Å². The van der Waals surface area contributed by atoms with E-state index >= 15 is 0 Å². The lowest BCUT2D eigenvalue weighted by molar-refractivity contribution is -0.114. The van der Waals surface area contributed by atoms with E-state index in [1.165, 1.54) is 6.92 Å². The topological polar surface area (TPSA) is 98.0 Å². The van der Waals surface area contributed by atoms with Crippen LogP contribution in [0.5, 0.6) is 0 Å². The smallest absolute Gasteiger partial charge is 0.279 e. The number of anilines is 1. The molecule has 1 rings (SSSR count). The molecule has 0 saturated heterocycles. The zero-order valence-electron chi connectivity index (χ0n) is 6.20. The fourth-order valence-corrected chi connectivity index (χ4v) is 1.17. The molecule has 0 spiro atoms. The lowest BCUT2D eigenvalue weighted by Gasteiger charge is -1.90. The highest BCUT2D eigenvalue weighted by Crippen LogP contribution is 2.13. The molecule has 7 heteroatoms. The van der Waals surface area contributed by atoms with Crippen molar-refractivity contribution in [3.05, 3.63) is 5.01 Å². The van der Waals surface area contributed by atoms with Crippen molar-refractivity contribution in [2.75, 3.05) is 5.32 Å². The largest absolute Gasteiger partial charge is 0.363 e. The first kappa shape index (κ1) is 8.60. The quantitative estimate of drug-likeness (QED) is 0.656.